The Morgan fingerprint density at radius 1 is 0.920 bits per heavy atom. The van der Waals surface area contributed by atoms with E-state index in [0.29, 0.717) is 18.0 Å². The van der Waals surface area contributed by atoms with Crippen LogP contribution in [-0.4, -0.2) is 29.1 Å². The summed E-state index contributed by atoms with van der Waals surface area (Å²) in [5.74, 6) is 0.694. The summed E-state index contributed by atoms with van der Waals surface area (Å²) in [7, 11) is 2.25. The molecule has 0 spiro atoms. The van der Waals surface area contributed by atoms with Crippen molar-refractivity contribution in [1.29, 1.82) is 0 Å². The zero-order valence-electron chi connectivity index (χ0n) is 15.5. The predicted octanol–water partition coefficient (Wildman–Crippen LogP) is 4.60. The molecule has 4 unspecified atom stereocenters. The van der Waals surface area contributed by atoms with E-state index in [-0.39, 0.29) is 5.92 Å². The Morgan fingerprint density at radius 2 is 1.52 bits per heavy atom. The SMILES string of the molecule is Cc1ccc(C2CC3CCC(C2[C@H](O)c2ccc(C)cc2)N3C)cc1. The highest BCUT2D eigenvalue weighted by atomic mass is 16.3. The monoisotopic (exact) mass is 335 g/mol. The van der Waals surface area contributed by atoms with E-state index in [1.165, 1.54) is 29.5 Å². The zero-order valence-corrected chi connectivity index (χ0v) is 15.5. The number of rotatable bonds is 3. The van der Waals surface area contributed by atoms with E-state index in [2.05, 4.69) is 74.3 Å². The van der Waals surface area contributed by atoms with Crippen molar-refractivity contribution in [3.63, 3.8) is 0 Å². The number of aryl methyl sites for hydroxylation is 2. The Hall–Kier alpha value is -1.64. The van der Waals surface area contributed by atoms with Gasteiger partial charge in [0.1, 0.15) is 0 Å². The Kier molecular flexibility index (Phi) is 4.43. The summed E-state index contributed by atoms with van der Waals surface area (Å²) in [5, 5.41) is 11.3. The number of piperidine rings is 1. The molecule has 2 aliphatic heterocycles. The predicted molar refractivity (Wildman–Crippen MR) is 103 cm³/mol. The second-order valence-corrected chi connectivity index (χ2v) is 8.15. The number of fused-ring (bicyclic) bond motifs is 2. The molecule has 2 saturated heterocycles. The second-order valence-electron chi connectivity index (χ2n) is 8.15. The van der Waals surface area contributed by atoms with Gasteiger partial charge in [0.15, 0.2) is 0 Å². The summed E-state index contributed by atoms with van der Waals surface area (Å²) >= 11 is 0. The molecule has 5 atom stereocenters. The fourth-order valence-corrected chi connectivity index (χ4v) is 5.10. The van der Waals surface area contributed by atoms with E-state index in [4.69, 9.17) is 0 Å². The number of nitrogens with zero attached hydrogens (tertiary/aromatic N) is 1. The summed E-state index contributed by atoms with van der Waals surface area (Å²) in [6.07, 6.45) is 3.22. The molecule has 0 radical (unpaired) electrons. The Balaban J connectivity index is 1.71. The van der Waals surface area contributed by atoms with Crippen LogP contribution in [0, 0.1) is 19.8 Å². The van der Waals surface area contributed by atoms with E-state index in [9.17, 15) is 5.11 Å². The Bertz CT molecular complexity index is 721. The third-order valence-electron chi connectivity index (χ3n) is 6.62. The van der Waals surface area contributed by atoms with Crippen LogP contribution < -0.4 is 0 Å². The highest BCUT2D eigenvalue weighted by Gasteiger charge is 2.48. The normalized spacial score (nSPS) is 30.4. The van der Waals surface area contributed by atoms with Gasteiger partial charge in [0.05, 0.1) is 6.10 Å². The largest absolute Gasteiger partial charge is 0.388 e. The minimum Gasteiger partial charge on any atom is -0.388 e. The van der Waals surface area contributed by atoms with E-state index in [1.807, 2.05) is 0 Å². The molecular formula is C23H29NO. The van der Waals surface area contributed by atoms with Gasteiger partial charge in [0, 0.05) is 18.0 Å². The number of aliphatic hydroxyl groups excluding tert-OH is 1. The van der Waals surface area contributed by atoms with Crippen molar-refractivity contribution in [3.05, 3.63) is 70.8 Å². The first-order valence-electron chi connectivity index (χ1n) is 9.57. The van der Waals surface area contributed by atoms with Gasteiger partial charge in [-0.25, -0.2) is 0 Å². The third-order valence-corrected chi connectivity index (χ3v) is 6.62. The van der Waals surface area contributed by atoms with E-state index >= 15 is 0 Å². The van der Waals surface area contributed by atoms with Crippen LogP contribution in [0.1, 0.15) is 53.5 Å². The minimum atomic E-state index is -0.404. The van der Waals surface area contributed by atoms with Crippen LogP contribution in [0.5, 0.6) is 0 Å². The first-order chi connectivity index (χ1) is 12.0. The van der Waals surface area contributed by atoms with Gasteiger partial charge in [0.2, 0.25) is 0 Å². The van der Waals surface area contributed by atoms with Crippen LogP contribution in [0.4, 0.5) is 0 Å². The number of hydrogen-bond acceptors (Lipinski definition) is 2. The lowest BCUT2D eigenvalue weighted by Gasteiger charge is -2.45. The Labute approximate surface area is 151 Å². The van der Waals surface area contributed by atoms with E-state index < -0.39 is 6.10 Å². The zero-order chi connectivity index (χ0) is 17.6. The fraction of sp³-hybridized carbons (Fsp3) is 0.478. The average molecular weight is 335 g/mol. The first kappa shape index (κ1) is 16.8. The molecule has 1 N–H and O–H groups in total. The van der Waals surface area contributed by atoms with Crippen LogP contribution in [0.25, 0.3) is 0 Å². The van der Waals surface area contributed by atoms with Crippen LogP contribution in [0.3, 0.4) is 0 Å². The standard InChI is InChI=1S/C23H29NO/c1-15-4-8-17(9-5-15)20-14-19-12-13-21(24(19)3)22(20)23(25)18-10-6-16(2)7-11-18/h4-11,19-23,25H,12-14H2,1-3H3/t19?,20?,21?,22?,23-/m1/s1. The summed E-state index contributed by atoms with van der Waals surface area (Å²) in [6, 6.07) is 18.6. The highest BCUT2D eigenvalue weighted by molar-refractivity contribution is 5.30. The maximum atomic E-state index is 11.3. The molecule has 0 aliphatic carbocycles. The molecule has 2 heteroatoms. The summed E-state index contributed by atoms with van der Waals surface area (Å²) in [5.41, 5.74) is 5.00. The van der Waals surface area contributed by atoms with Crippen molar-refractivity contribution in [1.82, 2.24) is 4.90 Å². The second kappa shape index (κ2) is 6.59. The maximum absolute atomic E-state index is 11.3. The van der Waals surface area contributed by atoms with Crippen molar-refractivity contribution in [2.75, 3.05) is 7.05 Å². The molecular weight excluding hydrogens is 306 g/mol. The molecule has 0 amide bonds. The quantitative estimate of drug-likeness (QED) is 0.886. The van der Waals surface area contributed by atoms with Gasteiger partial charge in [-0.05, 0) is 57.2 Å². The van der Waals surface area contributed by atoms with Crippen LogP contribution in [-0.2, 0) is 0 Å². The summed E-state index contributed by atoms with van der Waals surface area (Å²) in [4.78, 5) is 2.53. The van der Waals surface area contributed by atoms with Crippen LogP contribution in [0.2, 0.25) is 0 Å². The average Bonchev–Trinajstić information content (AvgIpc) is 2.85. The highest BCUT2D eigenvalue weighted by Crippen LogP contribution is 2.50. The number of aliphatic hydroxyl groups is 1. The fourth-order valence-electron chi connectivity index (χ4n) is 5.10. The lowest BCUT2D eigenvalue weighted by atomic mass is 9.72. The van der Waals surface area contributed by atoms with Crippen LogP contribution in [0.15, 0.2) is 48.5 Å². The van der Waals surface area contributed by atoms with Crippen LogP contribution >= 0.6 is 0 Å². The van der Waals surface area contributed by atoms with Crippen molar-refractivity contribution in [3.8, 4) is 0 Å². The van der Waals surface area contributed by atoms with Crippen molar-refractivity contribution in [2.45, 2.75) is 57.2 Å². The van der Waals surface area contributed by atoms with Gasteiger partial charge in [-0.1, -0.05) is 59.7 Å². The van der Waals surface area contributed by atoms with Crippen molar-refractivity contribution < 1.29 is 5.11 Å². The molecule has 2 aliphatic rings. The smallest absolute Gasteiger partial charge is 0.0839 e. The van der Waals surface area contributed by atoms with Crippen molar-refractivity contribution in [2.24, 2.45) is 5.92 Å². The first-order valence-corrected chi connectivity index (χ1v) is 9.57. The maximum Gasteiger partial charge on any atom is 0.0839 e. The molecule has 2 heterocycles. The minimum absolute atomic E-state index is 0.258. The molecule has 2 aromatic carbocycles. The van der Waals surface area contributed by atoms with Gasteiger partial charge in [-0.3, -0.25) is 0 Å². The summed E-state index contributed by atoms with van der Waals surface area (Å²) in [6.45, 7) is 4.24. The molecule has 0 saturated carbocycles. The lowest BCUT2D eigenvalue weighted by Crippen LogP contribution is -2.47. The van der Waals surface area contributed by atoms with Gasteiger partial charge >= 0.3 is 0 Å². The number of benzene rings is 2. The molecule has 132 valence electrons. The van der Waals surface area contributed by atoms with Gasteiger partial charge in [-0.15, -0.1) is 0 Å². The van der Waals surface area contributed by atoms with Gasteiger partial charge < -0.3 is 10.0 Å². The number of hydrogen-bond donors (Lipinski definition) is 1. The molecule has 2 fully saturated rings. The molecule has 2 nitrogen and oxygen atoms in total. The molecule has 2 aromatic rings. The van der Waals surface area contributed by atoms with Crippen molar-refractivity contribution >= 4 is 0 Å². The Morgan fingerprint density at radius 3 is 2.16 bits per heavy atom. The molecule has 2 bridgehead atoms. The summed E-state index contributed by atoms with van der Waals surface area (Å²) < 4.78 is 0. The van der Waals surface area contributed by atoms with Gasteiger partial charge in [0.25, 0.3) is 0 Å². The topological polar surface area (TPSA) is 23.5 Å². The molecule has 4 rings (SSSR count). The van der Waals surface area contributed by atoms with E-state index in [0.717, 1.165) is 12.0 Å². The third kappa shape index (κ3) is 3.02. The molecule has 0 aromatic heterocycles. The van der Waals surface area contributed by atoms with E-state index in [1.54, 1.807) is 0 Å². The lowest BCUT2D eigenvalue weighted by molar-refractivity contribution is 0.00309. The van der Waals surface area contributed by atoms with Gasteiger partial charge in [-0.2, -0.15) is 0 Å². The molecule has 25 heavy (non-hydrogen) atoms.